The molecule has 1 aliphatic heterocycles. The van der Waals surface area contributed by atoms with Crippen LogP contribution in [0.15, 0.2) is 42.7 Å². The number of rotatable bonds is 2. The van der Waals surface area contributed by atoms with Crippen LogP contribution in [-0.4, -0.2) is 20.9 Å². The molecular weight excluding hydrogens is 383 g/mol. The van der Waals surface area contributed by atoms with Crippen molar-refractivity contribution in [1.29, 1.82) is 0 Å². The van der Waals surface area contributed by atoms with Crippen molar-refractivity contribution in [2.24, 2.45) is 0 Å². The number of hydrogen-bond acceptors (Lipinski definition) is 4. The Bertz CT molecular complexity index is 1040. The van der Waals surface area contributed by atoms with E-state index >= 15 is 0 Å². The van der Waals surface area contributed by atoms with Gasteiger partial charge in [0, 0.05) is 18.0 Å². The van der Waals surface area contributed by atoms with Gasteiger partial charge in [-0.05, 0) is 50.1 Å². The molecule has 0 unspecified atom stereocenters. The molecule has 0 atom stereocenters. The highest BCUT2D eigenvalue weighted by Crippen LogP contribution is 2.47. The standard InChI is InChI=1S/C20H16Cl2N4O/c1-11-23-9-13(10-24-11)12-4-5-15-16(6-12)26(19(27)20(15,2)3)14-7-17(21)25-18(22)8-14/h4-10H,1-3H3. The first-order chi connectivity index (χ1) is 12.8. The van der Waals surface area contributed by atoms with Gasteiger partial charge in [0.15, 0.2) is 0 Å². The van der Waals surface area contributed by atoms with E-state index in [0.29, 0.717) is 11.5 Å². The van der Waals surface area contributed by atoms with Gasteiger partial charge in [-0.1, -0.05) is 35.3 Å². The van der Waals surface area contributed by atoms with Gasteiger partial charge in [0.05, 0.1) is 16.8 Å². The molecule has 3 heterocycles. The molecule has 136 valence electrons. The van der Waals surface area contributed by atoms with Gasteiger partial charge in [-0.15, -0.1) is 0 Å². The van der Waals surface area contributed by atoms with E-state index in [1.54, 1.807) is 29.4 Å². The van der Waals surface area contributed by atoms with Crippen molar-refractivity contribution in [2.45, 2.75) is 26.2 Å². The molecule has 0 fully saturated rings. The van der Waals surface area contributed by atoms with Crippen molar-refractivity contribution < 1.29 is 4.79 Å². The van der Waals surface area contributed by atoms with Crippen molar-refractivity contribution in [3.05, 3.63) is 64.4 Å². The summed E-state index contributed by atoms with van der Waals surface area (Å²) in [5, 5.41) is 0.472. The molecule has 1 aromatic carbocycles. The summed E-state index contributed by atoms with van der Waals surface area (Å²) in [6.45, 7) is 5.66. The van der Waals surface area contributed by atoms with Gasteiger partial charge in [0.25, 0.3) is 0 Å². The van der Waals surface area contributed by atoms with E-state index < -0.39 is 5.41 Å². The molecule has 3 aromatic rings. The minimum absolute atomic E-state index is 0.0480. The maximum Gasteiger partial charge on any atom is 0.241 e. The maximum absolute atomic E-state index is 13.2. The van der Waals surface area contributed by atoms with Crippen molar-refractivity contribution in [3.8, 4) is 11.1 Å². The van der Waals surface area contributed by atoms with Crippen LogP contribution < -0.4 is 4.90 Å². The number of nitrogens with zero attached hydrogens (tertiary/aromatic N) is 4. The van der Waals surface area contributed by atoms with Crippen molar-refractivity contribution in [1.82, 2.24) is 15.0 Å². The summed E-state index contributed by atoms with van der Waals surface area (Å²) < 4.78 is 0. The van der Waals surface area contributed by atoms with E-state index in [0.717, 1.165) is 22.4 Å². The zero-order valence-corrected chi connectivity index (χ0v) is 16.5. The molecule has 0 saturated heterocycles. The SMILES string of the molecule is Cc1ncc(-c2ccc3c(c2)N(c2cc(Cl)nc(Cl)c2)C(=O)C3(C)C)cn1. The highest BCUT2D eigenvalue weighted by atomic mass is 35.5. The molecule has 0 bridgehead atoms. The average molecular weight is 399 g/mol. The Balaban J connectivity index is 1.90. The summed E-state index contributed by atoms with van der Waals surface area (Å²) in [7, 11) is 0. The van der Waals surface area contributed by atoms with Gasteiger partial charge in [-0.25, -0.2) is 15.0 Å². The van der Waals surface area contributed by atoms with Gasteiger partial charge in [-0.3, -0.25) is 9.69 Å². The number of benzene rings is 1. The summed E-state index contributed by atoms with van der Waals surface area (Å²) in [5.41, 5.74) is 3.46. The van der Waals surface area contributed by atoms with E-state index in [2.05, 4.69) is 15.0 Å². The lowest BCUT2D eigenvalue weighted by Gasteiger charge is -2.21. The molecule has 4 rings (SSSR count). The summed E-state index contributed by atoms with van der Waals surface area (Å²) in [5.74, 6) is 0.659. The van der Waals surface area contributed by atoms with Gasteiger partial charge in [0.1, 0.15) is 16.1 Å². The fourth-order valence-electron chi connectivity index (χ4n) is 3.31. The number of fused-ring (bicyclic) bond motifs is 1. The van der Waals surface area contributed by atoms with Crippen LogP contribution in [0, 0.1) is 6.92 Å². The highest BCUT2D eigenvalue weighted by molar-refractivity contribution is 6.33. The third kappa shape index (κ3) is 2.97. The number of hydrogen-bond donors (Lipinski definition) is 0. The molecule has 7 heteroatoms. The Morgan fingerprint density at radius 3 is 2.22 bits per heavy atom. The van der Waals surface area contributed by atoms with Crippen LogP contribution in [0.4, 0.5) is 11.4 Å². The van der Waals surface area contributed by atoms with E-state index in [1.807, 2.05) is 39.0 Å². The van der Waals surface area contributed by atoms with E-state index in [4.69, 9.17) is 23.2 Å². The van der Waals surface area contributed by atoms with Gasteiger partial charge >= 0.3 is 0 Å². The molecule has 5 nitrogen and oxygen atoms in total. The number of pyridine rings is 1. The summed E-state index contributed by atoms with van der Waals surface area (Å²) in [6, 6.07) is 9.21. The molecule has 0 saturated carbocycles. The first-order valence-electron chi connectivity index (χ1n) is 8.38. The van der Waals surface area contributed by atoms with Gasteiger partial charge in [0.2, 0.25) is 5.91 Å². The zero-order chi connectivity index (χ0) is 19.3. The maximum atomic E-state index is 13.2. The fraction of sp³-hybridized carbons (Fsp3) is 0.200. The molecule has 0 radical (unpaired) electrons. The van der Waals surface area contributed by atoms with Gasteiger partial charge < -0.3 is 0 Å². The third-order valence-corrected chi connectivity index (χ3v) is 5.16. The number of halogens is 2. The number of aromatic nitrogens is 3. The van der Waals surface area contributed by atoms with E-state index in [9.17, 15) is 4.79 Å². The van der Waals surface area contributed by atoms with Crippen molar-refractivity contribution >= 4 is 40.5 Å². The Morgan fingerprint density at radius 1 is 0.963 bits per heavy atom. The van der Waals surface area contributed by atoms with Crippen molar-refractivity contribution in [2.75, 3.05) is 4.90 Å². The predicted molar refractivity (Wildman–Crippen MR) is 107 cm³/mol. The van der Waals surface area contributed by atoms with Crippen LogP contribution in [0.5, 0.6) is 0 Å². The lowest BCUT2D eigenvalue weighted by molar-refractivity contribution is -0.121. The monoisotopic (exact) mass is 398 g/mol. The fourth-order valence-corrected chi connectivity index (χ4v) is 3.76. The van der Waals surface area contributed by atoms with Crippen LogP contribution in [0.2, 0.25) is 10.3 Å². The Morgan fingerprint density at radius 2 is 1.59 bits per heavy atom. The van der Waals surface area contributed by atoms with E-state index in [-0.39, 0.29) is 16.2 Å². The second kappa shape index (κ2) is 6.29. The quantitative estimate of drug-likeness (QED) is 0.562. The van der Waals surface area contributed by atoms with Crippen LogP contribution in [0.1, 0.15) is 25.2 Å². The van der Waals surface area contributed by atoms with Crippen LogP contribution >= 0.6 is 23.2 Å². The predicted octanol–water partition coefficient (Wildman–Crippen LogP) is 5.11. The normalized spacial score (nSPS) is 15.1. The highest BCUT2D eigenvalue weighted by Gasteiger charge is 2.44. The lowest BCUT2D eigenvalue weighted by atomic mass is 9.85. The minimum atomic E-state index is -0.667. The minimum Gasteiger partial charge on any atom is -0.280 e. The number of amides is 1. The lowest BCUT2D eigenvalue weighted by Crippen LogP contribution is -2.33. The van der Waals surface area contributed by atoms with Gasteiger partial charge in [-0.2, -0.15) is 0 Å². The molecular formula is C20H16Cl2N4O. The van der Waals surface area contributed by atoms with Crippen LogP contribution in [0.25, 0.3) is 11.1 Å². The molecule has 27 heavy (non-hydrogen) atoms. The Labute approximate surface area is 167 Å². The third-order valence-electron chi connectivity index (χ3n) is 4.77. The second-order valence-electron chi connectivity index (χ2n) is 6.99. The average Bonchev–Trinajstić information content (AvgIpc) is 2.81. The first-order valence-corrected chi connectivity index (χ1v) is 9.14. The van der Waals surface area contributed by atoms with E-state index in [1.165, 1.54) is 0 Å². The summed E-state index contributed by atoms with van der Waals surface area (Å²) in [6.07, 6.45) is 3.55. The zero-order valence-electron chi connectivity index (χ0n) is 15.0. The number of carbonyl (C=O) groups excluding carboxylic acids is 1. The first kappa shape index (κ1) is 17.9. The van der Waals surface area contributed by atoms with Crippen LogP contribution in [-0.2, 0) is 10.2 Å². The largest absolute Gasteiger partial charge is 0.280 e. The van der Waals surface area contributed by atoms with Crippen LogP contribution in [0.3, 0.4) is 0 Å². The second-order valence-corrected chi connectivity index (χ2v) is 7.76. The molecule has 2 aromatic heterocycles. The molecule has 1 amide bonds. The number of carbonyl (C=O) groups is 1. The summed E-state index contributed by atoms with van der Waals surface area (Å²) >= 11 is 12.1. The number of anilines is 2. The molecule has 0 N–H and O–H groups in total. The topological polar surface area (TPSA) is 59.0 Å². The molecule has 0 spiro atoms. The van der Waals surface area contributed by atoms with Crippen molar-refractivity contribution in [3.63, 3.8) is 0 Å². The Hall–Kier alpha value is -2.50. The molecule has 0 aliphatic carbocycles. The smallest absolute Gasteiger partial charge is 0.241 e. The Kier molecular flexibility index (Phi) is 4.17. The summed E-state index contributed by atoms with van der Waals surface area (Å²) in [4.78, 5) is 27.3. The molecule has 1 aliphatic rings. The number of aryl methyl sites for hydroxylation is 1.